The van der Waals surface area contributed by atoms with Gasteiger partial charge in [0.15, 0.2) is 0 Å². The summed E-state index contributed by atoms with van der Waals surface area (Å²) < 4.78 is 4.96. The van der Waals surface area contributed by atoms with E-state index in [-0.39, 0.29) is 19.3 Å². The Morgan fingerprint density at radius 1 is 1.50 bits per heavy atom. The van der Waals surface area contributed by atoms with Crippen molar-refractivity contribution in [2.24, 2.45) is 0 Å². The van der Waals surface area contributed by atoms with Gasteiger partial charge in [0, 0.05) is 0 Å². The third kappa shape index (κ3) is 7.16. The molecule has 0 atom stereocenters. The Kier molecular flexibility index (Phi) is 4.57. The quantitative estimate of drug-likeness (QED) is 0.326. The number of rotatable bonds is 5. The first kappa shape index (κ1) is 9.16. The monoisotopic (exact) mass is 149 g/mol. The van der Waals surface area contributed by atoms with Crippen LogP contribution < -0.4 is 0 Å². The van der Waals surface area contributed by atoms with E-state index in [1.54, 1.807) is 0 Å². The molecule has 10 heavy (non-hydrogen) atoms. The molecule has 0 amide bonds. The highest BCUT2D eigenvalue weighted by atomic mass is 17.0. The predicted molar refractivity (Wildman–Crippen MR) is 34.0 cm³/mol. The third-order valence-corrected chi connectivity index (χ3v) is 0.731. The Labute approximate surface area is 59.0 Å². The lowest BCUT2D eigenvalue weighted by atomic mass is 10.5. The second kappa shape index (κ2) is 4.99. The van der Waals surface area contributed by atoms with Crippen molar-refractivity contribution in [2.45, 2.75) is 20.0 Å². The van der Waals surface area contributed by atoms with Crippen LogP contribution in [0.2, 0.25) is 0 Å². The van der Waals surface area contributed by atoms with E-state index in [4.69, 9.17) is 4.74 Å². The first-order valence-corrected chi connectivity index (χ1v) is 3.02. The molecule has 0 aromatic heterocycles. The lowest BCUT2D eigenvalue weighted by Gasteiger charge is -2.04. The molecule has 0 spiro atoms. The summed E-state index contributed by atoms with van der Waals surface area (Å²) in [4.78, 5) is 13.6. The summed E-state index contributed by atoms with van der Waals surface area (Å²) >= 11 is 0. The normalized spacial score (nSPS) is 9.90. The molecule has 0 aliphatic carbocycles. The molecule has 0 rings (SSSR count). The molecule has 5 heteroatoms. The first-order valence-electron chi connectivity index (χ1n) is 3.02. The van der Waals surface area contributed by atoms with Gasteiger partial charge in [0.1, 0.15) is 6.61 Å². The molecular formula is C5H11NO4. The fourth-order valence-electron chi connectivity index (χ4n) is 0.396. The summed E-state index contributed by atoms with van der Waals surface area (Å²) in [6, 6.07) is 0. The van der Waals surface area contributed by atoms with Crippen LogP contribution in [0, 0.1) is 10.1 Å². The summed E-state index contributed by atoms with van der Waals surface area (Å²) in [5, 5.41) is 8.74. The summed E-state index contributed by atoms with van der Waals surface area (Å²) in [7, 11) is 0. The average molecular weight is 149 g/mol. The number of hydrogen-bond donors (Lipinski definition) is 0. The van der Waals surface area contributed by atoms with E-state index < -0.39 is 5.09 Å². The topological polar surface area (TPSA) is 61.6 Å². The maximum atomic E-state index is 9.57. The number of hydrogen-bond acceptors (Lipinski definition) is 4. The van der Waals surface area contributed by atoms with Gasteiger partial charge in [-0.2, -0.15) is 0 Å². The molecular weight excluding hydrogens is 138 g/mol. The maximum Gasteiger partial charge on any atom is 0.294 e. The Morgan fingerprint density at radius 2 is 2.10 bits per heavy atom. The average Bonchev–Trinajstić information content (AvgIpc) is 1.79. The van der Waals surface area contributed by atoms with Crippen LogP contribution in [-0.4, -0.2) is 24.4 Å². The van der Waals surface area contributed by atoms with Gasteiger partial charge in [0.2, 0.25) is 0 Å². The molecule has 0 fully saturated rings. The van der Waals surface area contributed by atoms with Crippen LogP contribution in [0.4, 0.5) is 0 Å². The van der Waals surface area contributed by atoms with Crippen molar-refractivity contribution < 1.29 is 14.7 Å². The fourth-order valence-corrected chi connectivity index (χ4v) is 0.396. The molecule has 0 saturated carbocycles. The third-order valence-electron chi connectivity index (χ3n) is 0.731. The molecule has 0 saturated heterocycles. The van der Waals surface area contributed by atoms with E-state index in [2.05, 4.69) is 4.84 Å². The van der Waals surface area contributed by atoms with Gasteiger partial charge in [0.25, 0.3) is 5.09 Å². The number of nitrogens with zero attached hydrogens (tertiary/aromatic N) is 1. The Bertz CT molecular complexity index is 104. The lowest BCUT2D eigenvalue weighted by molar-refractivity contribution is -0.758. The van der Waals surface area contributed by atoms with Crippen LogP contribution in [0.25, 0.3) is 0 Å². The second-order valence-electron chi connectivity index (χ2n) is 1.98. The van der Waals surface area contributed by atoms with Gasteiger partial charge in [-0.1, -0.05) is 0 Å². The van der Waals surface area contributed by atoms with Crippen LogP contribution in [0.3, 0.4) is 0 Å². The molecule has 5 nitrogen and oxygen atoms in total. The fraction of sp³-hybridized carbons (Fsp3) is 1.00. The first-order chi connectivity index (χ1) is 4.63. The smallest absolute Gasteiger partial charge is 0.294 e. The minimum Gasteiger partial charge on any atom is -0.377 e. The predicted octanol–water partition coefficient (Wildman–Crippen LogP) is 0.620. The summed E-state index contributed by atoms with van der Waals surface area (Å²) in [5.41, 5.74) is 0. The molecule has 0 aliphatic rings. The Balaban J connectivity index is 2.98. The van der Waals surface area contributed by atoms with E-state index in [0.717, 1.165) is 0 Å². The summed E-state index contributed by atoms with van der Waals surface area (Å²) in [6.07, 6.45) is 0.0929. The minimum absolute atomic E-state index is 0.00514. The van der Waals surface area contributed by atoms with Gasteiger partial charge < -0.3 is 9.57 Å². The van der Waals surface area contributed by atoms with Gasteiger partial charge >= 0.3 is 0 Å². The molecule has 0 bridgehead atoms. The zero-order valence-corrected chi connectivity index (χ0v) is 6.07. The van der Waals surface area contributed by atoms with Gasteiger partial charge in [-0.15, -0.1) is 10.1 Å². The number of ether oxygens (including phenoxy) is 1. The van der Waals surface area contributed by atoms with Gasteiger partial charge in [-0.05, 0) is 13.8 Å². The molecule has 0 heterocycles. The van der Waals surface area contributed by atoms with Crippen molar-refractivity contribution in [3.05, 3.63) is 10.1 Å². The molecule has 0 aromatic carbocycles. The van der Waals surface area contributed by atoms with Crippen molar-refractivity contribution in [1.82, 2.24) is 0 Å². The van der Waals surface area contributed by atoms with Crippen LogP contribution in [0.1, 0.15) is 13.8 Å². The van der Waals surface area contributed by atoms with Crippen LogP contribution in [0.5, 0.6) is 0 Å². The van der Waals surface area contributed by atoms with Crippen molar-refractivity contribution >= 4 is 0 Å². The van der Waals surface area contributed by atoms with Crippen LogP contribution in [0.15, 0.2) is 0 Å². The van der Waals surface area contributed by atoms with E-state index in [1.807, 2.05) is 13.8 Å². The van der Waals surface area contributed by atoms with Crippen molar-refractivity contribution in [3.63, 3.8) is 0 Å². The van der Waals surface area contributed by atoms with Gasteiger partial charge in [0.05, 0.1) is 12.7 Å². The minimum atomic E-state index is -0.830. The van der Waals surface area contributed by atoms with Gasteiger partial charge in [-0.25, -0.2) is 0 Å². The van der Waals surface area contributed by atoms with Crippen LogP contribution >= 0.6 is 0 Å². The highest BCUT2D eigenvalue weighted by molar-refractivity contribution is 4.34. The zero-order valence-electron chi connectivity index (χ0n) is 6.07. The van der Waals surface area contributed by atoms with Crippen molar-refractivity contribution in [3.8, 4) is 0 Å². The van der Waals surface area contributed by atoms with Crippen molar-refractivity contribution in [1.29, 1.82) is 0 Å². The maximum absolute atomic E-state index is 9.57. The highest BCUT2D eigenvalue weighted by Gasteiger charge is 1.95. The van der Waals surface area contributed by atoms with E-state index >= 15 is 0 Å². The molecule has 0 N–H and O–H groups in total. The Hall–Kier alpha value is -0.840. The second-order valence-corrected chi connectivity index (χ2v) is 1.98. The molecule has 0 unspecified atom stereocenters. The molecule has 0 aliphatic heterocycles. The summed E-state index contributed by atoms with van der Waals surface area (Å²) in [6.45, 7) is 3.97. The van der Waals surface area contributed by atoms with E-state index in [9.17, 15) is 10.1 Å². The van der Waals surface area contributed by atoms with Crippen LogP contribution in [-0.2, 0) is 9.57 Å². The van der Waals surface area contributed by atoms with Crippen molar-refractivity contribution in [2.75, 3.05) is 13.2 Å². The molecule has 0 radical (unpaired) electrons. The standard InChI is InChI=1S/C5H11NO4/c1-5(2)9-3-4-10-6(7)8/h5H,3-4H2,1-2H3. The highest BCUT2D eigenvalue weighted by Crippen LogP contribution is 1.86. The Morgan fingerprint density at radius 3 is 2.50 bits per heavy atom. The van der Waals surface area contributed by atoms with E-state index in [1.165, 1.54) is 0 Å². The zero-order chi connectivity index (χ0) is 7.98. The summed E-state index contributed by atoms with van der Waals surface area (Å²) in [5.74, 6) is 0. The lowest BCUT2D eigenvalue weighted by Crippen LogP contribution is -2.11. The molecule has 0 aromatic rings. The molecule has 60 valence electrons. The van der Waals surface area contributed by atoms with E-state index in [0.29, 0.717) is 0 Å². The van der Waals surface area contributed by atoms with Gasteiger partial charge in [-0.3, -0.25) is 0 Å². The SMILES string of the molecule is CC(C)OCCO[N+](=O)[O-]. The largest absolute Gasteiger partial charge is 0.377 e.